The van der Waals surface area contributed by atoms with Crippen LogP contribution in [0.15, 0.2) is 73.5 Å². The summed E-state index contributed by atoms with van der Waals surface area (Å²) in [6.07, 6.45) is 6.44. The van der Waals surface area contributed by atoms with E-state index in [1.54, 1.807) is 0 Å². The summed E-state index contributed by atoms with van der Waals surface area (Å²) in [4.78, 5) is 2.47. The van der Waals surface area contributed by atoms with Crippen molar-refractivity contribution in [1.29, 1.82) is 0 Å². The third-order valence-corrected chi connectivity index (χ3v) is 5.55. The topological polar surface area (TPSA) is 30.9 Å². The SMILES string of the molecule is C=COCCO[C@H]1CC[C@H](OCCN(Cc2ccccc2)Cc2ccccc2)CC1. The van der Waals surface area contributed by atoms with Crippen molar-refractivity contribution < 1.29 is 14.2 Å². The zero-order valence-corrected chi connectivity index (χ0v) is 18.0. The van der Waals surface area contributed by atoms with E-state index < -0.39 is 0 Å². The molecule has 3 rings (SSSR count). The van der Waals surface area contributed by atoms with Gasteiger partial charge in [-0.2, -0.15) is 0 Å². The summed E-state index contributed by atoms with van der Waals surface area (Å²) in [6.45, 7) is 8.33. The van der Waals surface area contributed by atoms with Crippen LogP contribution in [-0.2, 0) is 27.3 Å². The Labute approximate surface area is 181 Å². The van der Waals surface area contributed by atoms with E-state index >= 15 is 0 Å². The lowest BCUT2D eigenvalue weighted by atomic mass is 9.95. The Hall–Kier alpha value is -2.14. The van der Waals surface area contributed by atoms with Crippen molar-refractivity contribution in [2.24, 2.45) is 0 Å². The van der Waals surface area contributed by atoms with Gasteiger partial charge in [-0.3, -0.25) is 4.90 Å². The van der Waals surface area contributed by atoms with Crippen molar-refractivity contribution in [3.8, 4) is 0 Å². The molecule has 1 saturated carbocycles. The van der Waals surface area contributed by atoms with Crippen molar-refractivity contribution in [1.82, 2.24) is 4.90 Å². The zero-order chi connectivity index (χ0) is 20.9. The van der Waals surface area contributed by atoms with E-state index in [9.17, 15) is 0 Å². The molecule has 0 bridgehead atoms. The highest BCUT2D eigenvalue weighted by Gasteiger charge is 2.22. The van der Waals surface area contributed by atoms with Gasteiger partial charge in [-0.05, 0) is 36.8 Å². The molecule has 0 radical (unpaired) electrons. The van der Waals surface area contributed by atoms with E-state index in [4.69, 9.17) is 14.2 Å². The average Bonchev–Trinajstić information content (AvgIpc) is 2.79. The molecule has 1 aliphatic rings. The second-order valence-corrected chi connectivity index (χ2v) is 7.86. The van der Waals surface area contributed by atoms with E-state index in [1.165, 1.54) is 17.4 Å². The first kappa shape index (κ1) is 22.5. The molecule has 0 amide bonds. The number of hydrogen-bond donors (Lipinski definition) is 0. The predicted octanol–water partition coefficient (Wildman–Crippen LogP) is 5.19. The molecular weight excluding hydrogens is 374 g/mol. The molecule has 30 heavy (non-hydrogen) atoms. The molecular formula is C26H35NO3. The fourth-order valence-electron chi connectivity index (χ4n) is 3.96. The number of rotatable bonds is 13. The predicted molar refractivity (Wildman–Crippen MR) is 121 cm³/mol. The van der Waals surface area contributed by atoms with E-state index in [0.717, 1.165) is 51.9 Å². The molecule has 4 heteroatoms. The molecule has 162 valence electrons. The first-order chi connectivity index (χ1) is 14.8. The summed E-state index contributed by atoms with van der Waals surface area (Å²) in [5.41, 5.74) is 2.68. The summed E-state index contributed by atoms with van der Waals surface area (Å²) in [7, 11) is 0. The average molecular weight is 410 g/mol. The lowest BCUT2D eigenvalue weighted by molar-refractivity contribution is -0.0430. The van der Waals surface area contributed by atoms with Gasteiger partial charge in [-0.15, -0.1) is 0 Å². The van der Waals surface area contributed by atoms with Crippen molar-refractivity contribution in [3.63, 3.8) is 0 Å². The molecule has 2 aromatic rings. The fourth-order valence-corrected chi connectivity index (χ4v) is 3.96. The summed E-state index contributed by atoms with van der Waals surface area (Å²) in [5, 5.41) is 0. The van der Waals surface area contributed by atoms with Crippen LogP contribution < -0.4 is 0 Å². The van der Waals surface area contributed by atoms with Gasteiger partial charge in [0.1, 0.15) is 6.61 Å². The fraction of sp³-hybridized carbons (Fsp3) is 0.462. The van der Waals surface area contributed by atoms with Gasteiger partial charge in [0.15, 0.2) is 0 Å². The number of hydrogen-bond acceptors (Lipinski definition) is 4. The Morgan fingerprint density at radius 3 is 1.73 bits per heavy atom. The second-order valence-electron chi connectivity index (χ2n) is 7.86. The van der Waals surface area contributed by atoms with Gasteiger partial charge in [0.05, 0.1) is 31.7 Å². The third-order valence-electron chi connectivity index (χ3n) is 5.55. The first-order valence-electron chi connectivity index (χ1n) is 11.1. The van der Waals surface area contributed by atoms with Gasteiger partial charge in [0, 0.05) is 19.6 Å². The molecule has 2 aromatic carbocycles. The number of nitrogens with zero attached hydrogens (tertiary/aromatic N) is 1. The summed E-state index contributed by atoms with van der Waals surface area (Å²) in [5.74, 6) is 0. The Morgan fingerprint density at radius 1 is 0.733 bits per heavy atom. The normalized spacial score (nSPS) is 19.0. The van der Waals surface area contributed by atoms with E-state index in [1.807, 2.05) is 0 Å². The minimum Gasteiger partial charge on any atom is -0.499 e. The third kappa shape index (κ3) is 8.31. The van der Waals surface area contributed by atoms with Crippen LogP contribution in [0.3, 0.4) is 0 Å². The Bertz CT molecular complexity index is 657. The van der Waals surface area contributed by atoms with E-state index in [0.29, 0.717) is 25.4 Å². The van der Waals surface area contributed by atoms with Crippen LogP contribution in [0, 0.1) is 0 Å². The Balaban J connectivity index is 1.40. The maximum absolute atomic E-state index is 6.25. The summed E-state index contributed by atoms with van der Waals surface area (Å²) >= 11 is 0. The van der Waals surface area contributed by atoms with Crippen LogP contribution in [0.4, 0.5) is 0 Å². The molecule has 1 aliphatic carbocycles. The van der Waals surface area contributed by atoms with Crippen molar-refractivity contribution >= 4 is 0 Å². The van der Waals surface area contributed by atoms with Crippen LogP contribution in [0.1, 0.15) is 36.8 Å². The highest BCUT2D eigenvalue weighted by Crippen LogP contribution is 2.23. The lowest BCUT2D eigenvalue weighted by Crippen LogP contribution is -2.31. The lowest BCUT2D eigenvalue weighted by Gasteiger charge is -2.29. The Kier molecular flexibility index (Phi) is 9.93. The molecule has 0 N–H and O–H groups in total. The van der Waals surface area contributed by atoms with Gasteiger partial charge in [0.2, 0.25) is 0 Å². The molecule has 0 atom stereocenters. The zero-order valence-electron chi connectivity index (χ0n) is 18.0. The highest BCUT2D eigenvalue weighted by molar-refractivity contribution is 5.17. The first-order valence-corrected chi connectivity index (χ1v) is 11.1. The molecule has 0 aromatic heterocycles. The quantitative estimate of drug-likeness (QED) is 0.336. The van der Waals surface area contributed by atoms with Crippen molar-refractivity contribution in [3.05, 3.63) is 84.6 Å². The molecule has 4 nitrogen and oxygen atoms in total. The molecule has 1 fully saturated rings. The van der Waals surface area contributed by atoms with Crippen molar-refractivity contribution in [2.45, 2.75) is 51.0 Å². The monoisotopic (exact) mass is 409 g/mol. The van der Waals surface area contributed by atoms with Crippen LogP contribution in [0.2, 0.25) is 0 Å². The minimum atomic E-state index is 0.339. The molecule has 0 heterocycles. The molecule has 0 saturated heterocycles. The summed E-state index contributed by atoms with van der Waals surface area (Å²) < 4.78 is 17.2. The summed E-state index contributed by atoms with van der Waals surface area (Å²) in [6, 6.07) is 21.3. The second kappa shape index (κ2) is 13.2. The van der Waals surface area contributed by atoms with Crippen LogP contribution in [0.5, 0.6) is 0 Å². The minimum absolute atomic E-state index is 0.339. The number of ether oxygens (including phenoxy) is 3. The smallest absolute Gasteiger partial charge is 0.111 e. The van der Waals surface area contributed by atoms with Crippen molar-refractivity contribution in [2.75, 3.05) is 26.4 Å². The van der Waals surface area contributed by atoms with Gasteiger partial charge in [-0.1, -0.05) is 67.2 Å². The van der Waals surface area contributed by atoms with E-state index in [2.05, 4.69) is 72.1 Å². The van der Waals surface area contributed by atoms with Crippen LogP contribution in [-0.4, -0.2) is 43.5 Å². The maximum Gasteiger partial charge on any atom is 0.111 e. The molecule has 0 unspecified atom stereocenters. The number of benzene rings is 2. The maximum atomic E-state index is 6.25. The molecule has 0 spiro atoms. The van der Waals surface area contributed by atoms with Gasteiger partial charge in [0.25, 0.3) is 0 Å². The van der Waals surface area contributed by atoms with Crippen LogP contribution in [0.25, 0.3) is 0 Å². The largest absolute Gasteiger partial charge is 0.499 e. The van der Waals surface area contributed by atoms with E-state index in [-0.39, 0.29) is 0 Å². The van der Waals surface area contributed by atoms with Crippen LogP contribution >= 0.6 is 0 Å². The standard InChI is InChI=1S/C26H35NO3/c1-2-28-19-20-30-26-15-13-25(14-16-26)29-18-17-27(21-23-9-5-3-6-10-23)22-24-11-7-4-8-12-24/h2-12,25-26H,1,13-22H2/t25-,26-. The molecule has 0 aliphatic heterocycles. The highest BCUT2D eigenvalue weighted by atomic mass is 16.5. The van der Waals surface area contributed by atoms with Gasteiger partial charge < -0.3 is 14.2 Å². The Morgan fingerprint density at radius 2 is 1.23 bits per heavy atom. The van der Waals surface area contributed by atoms with Gasteiger partial charge >= 0.3 is 0 Å². The van der Waals surface area contributed by atoms with Gasteiger partial charge in [-0.25, -0.2) is 0 Å².